The minimum atomic E-state index is -4.62. The minimum absolute atomic E-state index is 0.0853. The van der Waals surface area contributed by atoms with Gasteiger partial charge in [-0.1, -0.05) is 31.2 Å². The number of fused-ring (bicyclic) bond motifs is 1. The first kappa shape index (κ1) is 29.7. The van der Waals surface area contributed by atoms with Crippen molar-refractivity contribution in [2.24, 2.45) is 16.6 Å². The highest BCUT2D eigenvalue weighted by atomic mass is 19.4. The van der Waals surface area contributed by atoms with Crippen LogP contribution in [0.2, 0.25) is 0 Å². The Bertz CT molecular complexity index is 1390. The molecule has 11 heteroatoms. The molecule has 1 amide bonds. The predicted molar refractivity (Wildman–Crippen MR) is 150 cm³/mol. The molecule has 3 aliphatic heterocycles. The average Bonchev–Trinajstić information content (AvgIpc) is 3.38. The van der Waals surface area contributed by atoms with Gasteiger partial charge in [-0.25, -0.2) is 4.99 Å². The van der Waals surface area contributed by atoms with E-state index in [1.807, 2.05) is 18.0 Å². The summed E-state index contributed by atoms with van der Waals surface area (Å²) in [6.07, 6.45) is 10.1. The Morgan fingerprint density at radius 1 is 1.20 bits per heavy atom. The highest BCUT2D eigenvalue weighted by Gasteiger charge is 2.41. The number of hydrogen-bond acceptors (Lipinski definition) is 7. The van der Waals surface area contributed by atoms with E-state index in [2.05, 4.69) is 33.0 Å². The standard InChI is InChI=1S/C28H31F3N6O2.C2H2/c1-3-22(38)36-13-4-5-18(16-36)26-35-23(24-25(32)34-12-14-37(24)26)17-6-8-19(9-7-17)27(2,39)20-10-11-33-21(15-20)28(29,30)31;1-2/h6-12,14-15,18,26,35,39H,3-5,13,16H2,1-2H3,(H2,32,34);1-2H/t18?,26?,27-;/m1./s1. The number of aromatic nitrogens is 1. The number of alkyl halides is 3. The lowest BCUT2D eigenvalue weighted by molar-refractivity contribution is -0.141. The van der Waals surface area contributed by atoms with Crippen molar-refractivity contribution >= 4 is 17.4 Å². The van der Waals surface area contributed by atoms with Crippen LogP contribution in [0.1, 0.15) is 55.5 Å². The third-order valence-corrected chi connectivity index (χ3v) is 7.68. The fraction of sp³-hybridized carbons (Fsp3) is 0.367. The number of amides is 1. The highest BCUT2D eigenvalue weighted by Crippen LogP contribution is 2.37. The van der Waals surface area contributed by atoms with Gasteiger partial charge in [0, 0.05) is 44.0 Å². The summed E-state index contributed by atoms with van der Waals surface area (Å²) in [7, 11) is 0. The summed E-state index contributed by atoms with van der Waals surface area (Å²) >= 11 is 0. The van der Waals surface area contributed by atoms with Crippen LogP contribution in [0, 0.1) is 18.8 Å². The molecule has 1 fully saturated rings. The number of nitrogens with two attached hydrogens (primary N) is 1. The number of pyridine rings is 1. The van der Waals surface area contributed by atoms with E-state index in [0.29, 0.717) is 24.4 Å². The van der Waals surface area contributed by atoms with Gasteiger partial charge < -0.3 is 26.0 Å². The smallest absolute Gasteiger partial charge is 0.382 e. The van der Waals surface area contributed by atoms with E-state index in [-0.39, 0.29) is 23.6 Å². The van der Waals surface area contributed by atoms with Gasteiger partial charge in [-0.3, -0.25) is 9.78 Å². The molecule has 0 spiro atoms. The van der Waals surface area contributed by atoms with E-state index in [9.17, 15) is 23.1 Å². The topological polar surface area (TPSA) is 107 Å². The second-order valence-electron chi connectivity index (χ2n) is 10.2. The number of halogens is 3. The number of terminal acetylenes is 1. The third-order valence-electron chi connectivity index (χ3n) is 7.68. The van der Waals surface area contributed by atoms with E-state index < -0.39 is 17.5 Å². The second-order valence-corrected chi connectivity index (χ2v) is 10.2. The Balaban J connectivity index is 0.00000189. The maximum atomic E-state index is 13.2. The Hall–Kier alpha value is -4.30. The van der Waals surface area contributed by atoms with Gasteiger partial charge >= 0.3 is 6.18 Å². The zero-order chi connectivity index (χ0) is 29.9. The number of amidine groups is 1. The number of likely N-dealkylation sites (tertiary alicyclic amines) is 1. The molecule has 1 aromatic carbocycles. The fourth-order valence-electron chi connectivity index (χ4n) is 5.53. The number of hydrogen-bond donors (Lipinski definition) is 3. The van der Waals surface area contributed by atoms with Crippen molar-refractivity contribution in [3.63, 3.8) is 0 Å². The van der Waals surface area contributed by atoms with Crippen LogP contribution in [0.15, 0.2) is 65.7 Å². The highest BCUT2D eigenvalue weighted by molar-refractivity contribution is 6.05. The molecule has 4 heterocycles. The quantitative estimate of drug-likeness (QED) is 0.473. The van der Waals surface area contributed by atoms with E-state index >= 15 is 0 Å². The number of carbonyl (C=O) groups is 1. The molecule has 5 rings (SSSR count). The molecule has 0 bridgehead atoms. The van der Waals surface area contributed by atoms with Crippen LogP contribution in [0.3, 0.4) is 0 Å². The molecular formula is C30H33F3N6O2. The summed E-state index contributed by atoms with van der Waals surface area (Å²) in [5.74, 6) is 0.653. The summed E-state index contributed by atoms with van der Waals surface area (Å²) in [4.78, 5) is 24.0. The van der Waals surface area contributed by atoms with Crippen LogP contribution in [-0.2, 0) is 16.6 Å². The van der Waals surface area contributed by atoms with Gasteiger partial charge in [0.25, 0.3) is 0 Å². The molecule has 1 saturated heterocycles. The van der Waals surface area contributed by atoms with Gasteiger partial charge in [-0.05, 0) is 48.6 Å². The molecule has 216 valence electrons. The Morgan fingerprint density at radius 3 is 2.56 bits per heavy atom. The largest absolute Gasteiger partial charge is 0.433 e. The lowest BCUT2D eigenvalue weighted by Gasteiger charge is -2.39. The van der Waals surface area contributed by atoms with Gasteiger partial charge in [0.2, 0.25) is 5.91 Å². The number of nitrogens with one attached hydrogen (secondary N) is 1. The van der Waals surface area contributed by atoms with Crippen LogP contribution < -0.4 is 11.1 Å². The molecular weight excluding hydrogens is 533 g/mol. The lowest BCUT2D eigenvalue weighted by Crippen LogP contribution is -2.50. The first-order valence-electron chi connectivity index (χ1n) is 13.3. The maximum Gasteiger partial charge on any atom is 0.433 e. The third kappa shape index (κ3) is 5.79. The number of rotatable bonds is 5. The molecule has 3 atom stereocenters. The van der Waals surface area contributed by atoms with Crippen molar-refractivity contribution < 1.29 is 23.1 Å². The van der Waals surface area contributed by atoms with Crippen molar-refractivity contribution in [1.82, 2.24) is 20.1 Å². The van der Waals surface area contributed by atoms with E-state index in [4.69, 9.17) is 5.73 Å². The summed E-state index contributed by atoms with van der Waals surface area (Å²) in [5, 5.41) is 14.8. The zero-order valence-corrected chi connectivity index (χ0v) is 22.9. The first-order valence-corrected chi connectivity index (χ1v) is 13.3. The van der Waals surface area contributed by atoms with Crippen LogP contribution in [0.4, 0.5) is 13.2 Å². The molecule has 2 unspecified atom stereocenters. The van der Waals surface area contributed by atoms with Gasteiger partial charge in [0.15, 0.2) is 0 Å². The number of benzene rings is 1. The van der Waals surface area contributed by atoms with Crippen molar-refractivity contribution in [3.05, 3.63) is 83.1 Å². The fourth-order valence-corrected chi connectivity index (χ4v) is 5.53. The number of aliphatic imine (C=N–C) groups is 1. The molecule has 0 aliphatic carbocycles. The molecule has 0 saturated carbocycles. The van der Waals surface area contributed by atoms with Crippen LogP contribution >= 0.6 is 0 Å². The number of carbonyl (C=O) groups excluding carboxylic acids is 1. The Morgan fingerprint density at radius 2 is 1.90 bits per heavy atom. The molecule has 1 aromatic heterocycles. The van der Waals surface area contributed by atoms with Crippen molar-refractivity contribution in [3.8, 4) is 12.8 Å². The normalized spacial score (nSPS) is 21.7. The van der Waals surface area contributed by atoms with E-state index in [1.54, 1.807) is 30.5 Å². The summed E-state index contributed by atoms with van der Waals surface area (Å²) in [6, 6.07) is 9.20. The van der Waals surface area contributed by atoms with Crippen molar-refractivity contribution in [1.29, 1.82) is 0 Å². The van der Waals surface area contributed by atoms with Crippen LogP contribution in [-0.4, -0.2) is 50.9 Å². The zero-order valence-electron chi connectivity index (χ0n) is 22.9. The first-order chi connectivity index (χ1) is 19.5. The van der Waals surface area contributed by atoms with Gasteiger partial charge in [0.1, 0.15) is 29.0 Å². The number of piperidine rings is 1. The summed E-state index contributed by atoms with van der Waals surface area (Å²) in [6.45, 7) is 4.72. The number of aliphatic hydroxyl groups is 1. The lowest BCUT2D eigenvalue weighted by atomic mass is 9.87. The van der Waals surface area contributed by atoms with Gasteiger partial charge in [-0.15, -0.1) is 12.8 Å². The summed E-state index contributed by atoms with van der Waals surface area (Å²) in [5.41, 5.74) is 6.36. The molecule has 4 N–H and O–H groups in total. The second kappa shape index (κ2) is 11.7. The average molecular weight is 567 g/mol. The number of nitrogens with zero attached hydrogens (tertiary/aromatic N) is 4. The van der Waals surface area contributed by atoms with Crippen molar-refractivity contribution in [2.45, 2.75) is 51.1 Å². The Kier molecular flexibility index (Phi) is 8.44. The van der Waals surface area contributed by atoms with Gasteiger partial charge in [-0.2, -0.15) is 13.2 Å². The van der Waals surface area contributed by atoms with Crippen LogP contribution in [0.5, 0.6) is 0 Å². The molecule has 0 radical (unpaired) electrons. The van der Waals surface area contributed by atoms with E-state index in [0.717, 1.165) is 48.6 Å². The van der Waals surface area contributed by atoms with E-state index in [1.165, 1.54) is 13.0 Å². The maximum absolute atomic E-state index is 13.2. The molecule has 41 heavy (non-hydrogen) atoms. The molecule has 2 aromatic rings. The minimum Gasteiger partial charge on any atom is -0.382 e. The van der Waals surface area contributed by atoms with Gasteiger partial charge in [0.05, 0.1) is 5.70 Å². The van der Waals surface area contributed by atoms with Crippen molar-refractivity contribution in [2.75, 3.05) is 13.1 Å². The predicted octanol–water partition coefficient (Wildman–Crippen LogP) is 4.00. The van der Waals surface area contributed by atoms with Crippen LogP contribution in [0.25, 0.3) is 5.70 Å². The molecule has 8 nitrogen and oxygen atoms in total. The molecule has 3 aliphatic rings. The summed E-state index contributed by atoms with van der Waals surface area (Å²) < 4.78 is 39.6. The monoisotopic (exact) mass is 566 g/mol. The Labute approximate surface area is 237 Å². The SMILES string of the molecule is C#C.CCC(=O)N1CCCC(C2NC(c3ccc([C@@](C)(O)c4ccnc(C(F)(F)F)c4)cc3)=C3C(N)=NC=CN32)C1.